The second kappa shape index (κ2) is 4.36. The van der Waals surface area contributed by atoms with Crippen molar-refractivity contribution in [2.75, 3.05) is 6.54 Å². The Morgan fingerprint density at radius 1 is 1.53 bits per heavy atom. The van der Waals surface area contributed by atoms with E-state index in [-0.39, 0.29) is 30.2 Å². The highest BCUT2D eigenvalue weighted by Crippen LogP contribution is 2.45. The van der Waals surface area contributed by atoms with Crippen LogP contribution in [0, 0.1) is 11.8 Å². The molecule has 1 aromatic rings. The number of aryl methyl sites for hydroxylation is 1. The first-order chi connectivity index (χ1) is 9.08. The number of aromatic nitrogens is 2. The van der Waals surface area contributed by atoms with Gasteiger partial charge < -0.3 is 15.2 Å². The third-order valence-corrected chi connectivity index (χ3v) is 4.09. The molecule has 2 unspecified atom stereocenters. The van der Waals surface area contributed by atoms with Crippen molar-refractivity contribution in [3.63, 3.8) is 0 Å². The van der Waals surface area contributed by atoms with Crippen LogP contribution < -0.4 is 5.73 Å². The lowest BCUT2D eigenvalue weighted by Crippen LogP contribution is -2.34. The number of hydrogen-bond acceptors (Lipinski definition) is 3. The highest BCUT2D eigenvalue weighted by Gasteiger charge is 2.45. The third kappa shape index (κ3) is 2.11. The van der Waals surface area contributed by atoms with Crippen LogP contribution in [0.25, 0.3) is 0 Å². The van der Waals surface area contributed by atoms with E-state index in [1.807, 2.05) is 17.8 Å². The van der Waals surface area contributed by atoms with Crippen molar-refractivity contribution in [1.82, 2.24) is 14.5 Å². The molecule has 1 aliphatic heterocycles. The van der Waals surface area contributed by atoms with Crippen LogP contribution in [-0.4, -0.2) is 32.8 Å². The van der Waals surface area contributed by atoms with E-state index in [2.05, 4.69) is 4.98 Å². The molecule has 2 atom stereocenters. The number of amides is 2. The summed E-state index contributed by atoms with van der Waals surface area (Å²) in [6, 6.07) is -0.00292. The fourth-order valence-corrected chi connectivity index (χ4v) is 2.87. The van der Waals surface area contributed by atoms with Gasteiger partial charge in [-0.1, -0.05) is 0 Å². The van der Waals surface area contributed by atoms with Gasteiger partial charge in [-0.05, 0) is 18.8 Å². The first kappa shape index (κ1) is 12.2. The van der Waals surface area contributed by atoms with Gasteiger partial charge in [0.15, 0.2) is 0 Å². The molecule has 0 bridgehead atoms. The van der Waals surface area contributed by atoms with E-state index in [0.29, 0.717) is 12.5 Å². The fourth-order valence-electron chi connectivity index (χ4n) is 2.87. The van der Waals surface area contributed by atoms with Gasteiger partial charge in [-0.25, -0.2) is 4.98 Å². The van der Waals surface area contributed by atoms with Crippen LogP contribution >= 0.6 is 0 Å². The lowest BCUT2D eigenvalue weighted by atomic mass is 10.1. The average Bonchev–Trinajstić information content (AvgIpc) is 2.99. The summed E-state index contributed by atoms with van der Waals surface area (Å²) in [5.74, 6) is 0.653. The van der Waals surface area contributed by atoms with E-state index in [9.17, 15) is 9.59 Å². The van der Waals surface area contributed by atoms with E-state index in [0.717, 1.165) is 18.7 Å². The molecule has 102 valence electrons. The zero-order valence-electron chi connectivity index (χ0n) is 11.0. The molecule has 2 N–H and O–H groups in total. The minimum Gasteiger partial charge on any atom is -0.369 e. The summed E-state index contributed by atoms with van der Waals surface area (Å²) in [5, 5.41) is 0. The molecule has 19 heavy (non-hydrogen) atoms. The molecule has 3 rings (SSSR count). The number of nitrogens with zero attached hydrogens (tertiary/aromatic N) is 3. The monoisotopic (exact) mass is 262 g/mol. The van der Waals surface area contributed by atoms with Gasteiger partial charge in [-0.3, -0.25) is 9.59 Å². The molecule has 2 amide bonds. The Morgan fingerprint density at radius 2 is 2.26 bits per heavy atom. The van der Waals surface area contributed by atoms with Crippen LogP contribution in [0.5, 0.6) is 0 Å². The Bertz CT molecular complexity index is 520. The van der Waals surface area contributed by atoms with Crippen molar-refractivity contribution in [2.45, 2.75) is 25.3 Å². The van der Waals surface area contributed by atoms with E-state index in [1.165, 1.54) is 0 Å². The topological polar surface area (TPSA) is 81.2 Å². The largest absolute Gasteiger partial charge is 0.369 e. The van der Waals surface area contributed by atoms with Crippen LogP contribution in [0.4, 0.5) is 0 Å². The van der Waals surface area contributed by atoms with E-state index in [1.54, 1.807) is 11.1 Å². The predicted octanol–water partition coefficient (Wildman–Crippen LogP) is 0.205. The van der Waals surface area contributed by atoms with Crippen molar-refractivity contribution in [2.24, 2.45) is 24.6 Å². The molecule has 2 heterocycles. The molecular weight excluding hydrogens is 244 g/mol. The quantitative estimate of drug-likeness (QED) is 0.842. The highest BCUT2D eigenvalue weighted by molar-refractivity contribution is 5.88. The maximum absolute atomic E-state index is 12.2. The number of nitrogens with two attached hydrogens (primary N) is 1. The SMILES string of the molecule is Cn1ccnc1C(C1CC1)N1CC(C(N)=O)CC1=O. The summed E-state index contributed by atoms with van der Waals surface area (Å²) in [4.78, 5) is 29.6. The molecule has 1 aliphatic carbocycles. The standard InChI is InChI=1S/C13H18N4O2/c1-16-5-4-15-13(16)11(8-2-3-8)17-7-9(12(14)19)6-10(17)18/h4-5,8-9,11H,2-3,6-7H2,1H3,(H2,14,19). The van der Waals surface area contributed by atoms with E-state index < -0.39 is 0 Å². The second-order valence-corrected chi connectivity index (χ2v) is 5.53. The van der Waals surface area contributed by atoms with E-state index in [4.69, 9.17) is 5.73 Å². The van der Waals surface area contributed by atoms with Crippen LogP contribution in [0.1, 0.15) is 31.1 Å². The van der Waals surface area contributed by atoms with Crippen molar-refractivity contribution < 1.29 is 9.59 Å². The third-order valence-electron chi connectivity index (χ3n) is 4.09. The highest BCUT2D eigenvalue weighted by atomic mass is 16.2. The van der Waals surface area contributed by atoms with E-state index >= 15 is 0 Å². The summed E-state index contributed by atoms with van der Waals surface area (Å²) in [6.07, 6.45) is 6.10. The van der Waals surface area contributed by atoms with Crippen molar-refractivity contribution >= 4 is 11.8 Å². The Labute approximate surface area is 111 Å². The summed E-state index contributed by atoms with van der Waals surface area (Å²) >= 11 is 0. The van der Waals surface area contributed by atoms with Crippen LogP contribution in [-0.2, 0) is 16.6 Å². The number of imidazole rings is 1. The van der Waals surface area contributed by atoms with Crippen LogP contribution in [0.3, 0.4) is 0 Å². The van der Waals surface area contributed by atoms with Gasteiger partial charge in [0.05, 0.1) is 12.0 Å². The van der Waals surface area contributed by atoms with Gasteiger partial charge in [0.25, 0.3) is 0 Å². The maximum Gasteiger partial charge on any atom is 0.224 e. The lowest BCUT2D eigenvalue weighted by molar-refractivity contribution is -0.130. The number of rotatable bonds is 4. The van der Waals surface area contributed by atoms with Crippen molar-refractivity contribution in [1.29, 1.82) is 0 Å². The summed E-state index contributed by atoms with van der Waals surface area (Å²) in [5.41, 5.74) is 5.32. The van der Waals surface area contributed by atoms with Crippen LogP contribution in [0.15, 0.2) is 12.4 Å². The number of primary amides is 1. The van der Waals surface area contributed by atoms with Crippen molar-refractivity contribution in [3.8, 4) is 0 Å². The number of carbonyl (C=O) groups is 2. The van der Waals surface area contributed by atoms with Gasteiger partial charge in [0.2, 0.25) is 11.8 Å². The Balaban J connectivity index is 1.87. The van der Waals surface area contributed by atoms with Crippen molar-refractivity contribution in [3.05, 3.63) is 18.2 Å². The maximum atomic E-state index is 12.2. The second-order valence-electron chi connectivity index (χ2n) is 5.53. The summed E-state index contributed by atoms with van der Waals surface area (Å²) < 4.78 is 1.95. The van der Waals surface area contributed by atoms with Gasteiger partial charge >= 0.3 is 0 Å². The summed E-state index contributed by atoms with van der Waals surface area (Å²) in [6.45, 7) is 0.433. The first-order valence-electron chi connectivity index (χ1n) is 6.64. The molecule has 1 saturated carbocycles. The zero-order valence-corrected chi connectivity index (χ0v) is 11.0. The Kier molecular flexibility index (Phi) is 2.80. The van der Waals surface area contributed by atoms with Gasteiger partial charge in [0.1, 0.15) is 5.82 Å². The molecule has 0 aromatic carbocycles. The minimum absolute atomic E-state index is 0.00292. The van der Waals surface area contributed by atoms with Gasteiger partial charge in [-0.2, -0.15) is 0 Å². The number of hydrogen-bond donors (Lipinski definition) is 1. The Hall–Kier alpha value is -1.85. The fraction of sp³-hybridized carbons (Fsp3) is 0.615. The first-order valence-corrected chi connectivity index (χ1v) is 6.64. The van der Waals surface area contributed by atoms with Gasteiger partial charge in [-0.15, -0.1) is 0 Å². The molecule has 2 fully saturated rings. The molecular formula is C13H18N4O2. The molecule has 2 aliphatic rings. The normalized spacial score (nSPS) is 24.8. The lowest BCUT2D eigenvalue weighted by Gasteiger charge is -2.27. The molecule has 0 radical (unpaired) electrons. The smallest absolute Gasteiger partial charge is 0.224 e. The minimum atomic E-state index is -0.384. The Morgan fingerprint density at radius 3 is 2.74 bits per heavy atom. The molecule has 0 spiro atoms. The molecule has 1 aromatic heterocycles. The number of likely N-dealkylation sites (tertiary alicyclic amines) is 1. The molecule has 6 heteroatoms. The zero-order chi connectivity index (χ0) is 13.6. The van der Waals surface area contributed by atoms with Gasteiger partial charge in [0, 0.05) is 32.4 Å². The predicted molar refractivity (Wildman–Crippen MR) is 67.7 cm³/mol. The van der Waals surface area contributed by atoms with Crippen LogP contribution in [0.2, 0.25) is 0 Å². The average molecular weight is 262 g/mol. The molecule has 6 nitrogen and oxygen atoms in total. The molecule has 1 saturated heterocycles. The number of carbonyl (C=O) groups excluding carboxylic acids is 2. The summed E-state index contributed by atoms with van der Waals surface area (Å²) in [7, 11) is 1.93.